The summed E-state index contributed by atoms with van der Waals surface area (Å²) in [6, 6.07) is 15.1. The summed E-state index contributed by atoms with van der Waals surface area (Å²) < 4.78 is 6.32. The van der Waals surface area contributed by atoms with Crippen LogP contribution in [0.4, 0.5) is 0 Å². The zero-order valence-corrected chi connectivity index (χ0v) is 15.3. The first kappa shape index (κ1) is 17.0. The van der Waals surface area contributed by atoms with Crippen LogP contribution in [0.2, 0.25) is 5.02 Å². The van der Waals surface area contributed by atoms with Gasteiger partial charge in [-0.25, -0.2) is 0 Å². The molecule has 1 fully saturated rings. The van der Waals surface area contributed by atoms with Gasteiger partial charge in [-0.05, 0) is 29.8 Å². The molecule has 2 aromatic carbocycles. The fourth-order valence-electron chi connectivity index (χ4n) is 2.13. The Morgan fingerprint density at radius 2 is 1.92 bits per heavy atom. The summed E-state index contributed by atoms with van der Waals surface area (Å²) in [5.74, 6) is 0.680. The van der Waals surface area contributed by atoms with Crippen LogP contribution in [0.3, 0.4) is 0 Å². The maximum atomic E-state index is 12.0. The van der Waals surface area contributed by atoms with Crippen LogP contribution in [-0.2, 0) is 11.4 Å². The Kier molecular flexibility index (Phi) is 5.23. The topological polar surface area (TPSA) is 29.5 Å². The van der Waals surface area contributed by atoms with Crippen molar-refractivity contribution in [2.75, 3.05) is 7.05 Å². The summed E-state index contributed by atoms with van der Waals surface area (Å²) in [7, 11) is 1.68. The standard InChI is InChI=1S/C18H14ClNO2S2/c1-20-17(21)16(24-18(20)23)10-12-6-8-14(9-7-12)22-11-13-4-2-3-5-15(13)19/h2-10H,11H2,1H3/b16-10+. The zero-order chi connectivity index (χ0) is 17.1. The van der Waals surface area contributed by atoms with Crippen LogP contribution in [0.5, 0.6) is 5.75 Å². The van der Waals surface area contributed by atoms with Crippen molar-refractivity contribution in [3.63, 3.8) is 0 Å². The van der Waals surface area contributed by atoms with Crippen molar-refractivity contribution in [1.29, 1.82) is 0 Å². The van der Waals surface area contributed by atoms with E-state index in [1.807, 2.05) is 54.6 Å². The second-order valence-electron chi connectivity index (χ2n) is 5.19. The Morgan fingerprint density at radius 3 is 2.54 bits per heavy atom. The van der Waals surface area contributed by atoms with Gasteiger partial charge >= 0.3 is 0 Å². The number of halogens is 1. The number of likely N-dealkylation sites (N-methyl/N-ethyl adjacent to an activating group) is 1. The number of amides is 1. The molecule has 0 aliphatic carbocycles. The fraction of sp³-hybridized carbons (Fsp3) is 0.111. The summed E-state index contributed by atoms with van der Waals surface area (Å²) in [4.78, 5) is 14.1. The first-order chi connectivity index (χ1) is 11.5. The minimum absolute atomic E-state index is 0.0657. The molecule has 0 unspecified atom stereocenters. The Morgan fingerprint density at radius 1 is 1.21 bits per heavy atom. The van der Waals surface area contributed by atoms with E-state index >= 15 is 0 Å². The van der Waals surface area contributed by atoms with Crippen molar-refractivity contribution >= 4 is 51.9 Å². The Hall–Kier alpha value is -1.82. The molecule has 2 aromatic rings. The number of benzene rings is 2. The van der Waals surface area contributed by atoms with E-state index in [1.54, 1.807) is 7.05 Å². The molecule has 0 N–H and O–H groups in total. The molecule has 3 nitrogen and oxygen atoms in total. The third-order valence-corrected chi connectivity index (χ3v) is 5.37. The molecule has 0 aromatic heterocycles. The van der Waals surface area contributed by atoms with Gasteiger partial charge in [0, 0.05) is 17.6 Å². The third-order valence-electron chi connectivity index (χ3n) is 3.52. The molecule has 0 atom stereocenters. The largest absolute Gasteiger partial charge is 0.489 e. The lowest BCUT2D eigenvalue weighted by atomic mass is 10.2. The number of nitrogens with zero attached hydrogens (tertiary/aromatic N) is 1. The van der Waals surface area contributed by atoms with Crippen LogP contribution in [0.1, 0.15) is 11.1 Å². The highest BCUT2D eigenvalue weighted by molar-refractivity contribution is 8.26. The molecule has 1 heterocycles. The van der Waals surface area contributed by atoms with Crippen molar-refractivity contribution < 1.29 is 9.53 Å². The first-order valence-electron chi connectivity index (χ1n) is 7.22. The molecule has 6 heteroatoms. The zero-order valence-electron chi connectivity index (χ0n) is 12.9. The lowest BCUT2D eigenvalue weighted by Gasteiger charge is -2.08. The second-order valence-corrected chi connectivity index (χ2v) is 7.27. The number of hydrogen-bond donors (Lipinski definition) is 0. The first-order valence-corrected chi connectivity index (χ1v) is 8.83. The molecule has 24 heavy (non-hydrogen) atoms. The normalized spacial score (nSPS) is 16.1. The number of ether oxygens (including phenoxy) is 1. The van der Waals surface area contributed by atoms with E-state index in [9.17, 15) is 4.79 Å². The number of thioether (sulfide) groups is 1. The van der Waals surface area contributed by atoms with Gasteiger partial charge in [0.25, 0.3) is 5.91 Å². The van der Waals surface area contributed by atoms with E-state index in [-0.39, 0.29) is 5.91 Å². The quantitative estimate of drug-likeness (QED) is 0.569. The highest BCUT2D eigenvalue weighted by atomic mass is 35.5. The van der Waals surface area contributed by atoms with Crippen molar-refractivity contribution in [3.8, 4) is 5.75 Å². The lowest BCUT2D eigenvalue weighted by Crippen LogP contribution is -2.22. The van der Waals surface area contributed by atoms with Gasteiger partial charge in [0.05, 0.1) is 4.91 Å². The van der Waals surface area contributed by atoms with Gasteiger partial charge in [-0.3, -0.25) is 9.69 Å². The minimum Gasteiger partial charge on any atom is -0.489 e. The SMILES string of the molecule is CN1C(=O)/C(=C\c2ccc(OCc3ccccc3Cl)cc2)SC1=S. The highest BCUT2D eigenvalue weighted by Gasteiger charge is 2.28. The molecule has 0 saturated carbocycles. The summed E-state index contributed by atoms with van der Waals surface area (Å²) in [5, 5.41) is 0.690. The van der Waals surface area contributed by atoms with Crippen LogP contribution in [-0.4, -0.2) is 22.2 Å². The van der Waals surface area contributed by atoms with E-state index in [2.05, 4.69) is 0 Å². The predicted molar refractivity (Wildman–Crippen MR) is 103 cm³/mol. The number of hydrogen-bond acceptors (Lipinski definition) is 4. The van der Waals surface area contributed by atoms with Crippen LogP contribution >= 0.6 is 35.6 Å². The van der Waals surface area contributed by atoms with Gasteiger partial charge in [-0.1, -0.05) is 65.9 Å². The number of carbonyl (C=O) groups excluding carboxylic acids is 1. The van der Waals surface area contributed by atoms with Gasteiger partial charge in [-0.2, -0.15) is 0 Å². The molecule has 0 bridgehead atoms. The third kappa shape index (κ3) is 3.80. The highest BCUT2D eigenvalue weighted by Crippen LogP contribution is 2.31. The van der Waals surface area contributed by atoms with Crippen molar-refractivity contribution in [1.82, 2.24) is 4.90 Å². The number of rotatable bonds is 4. The molecule has 1 saturated heterocycles. The fourth-order valence-corrected chi connectivity index (χ4v) is 3.50. The van der Waals surface area contributed by atoms with Crippen LogP contribution in [0, 0.1) is 0 Å². The van der Waals surface area contributed by atoms with E-state index in [0.29, 0.717) is 20.9 Å². The van der Waals surface area contributed by atoms with E-state index in [1.165, 1.54) is 16.7 Å². The summed E-state index contributed by atoms with van der Waals surface area (Å²) >= 11 is 12.5. The average molecular weight is 376 g/mol. The lowest BCUT2D eigenvalue weighted by molar-refractivity contribution is -0.121. The van der Waals surface area contributed by atoms with E-state index < -0.39 is 0 Å². The maximum Gasteiger partial charge on any atom is 0.265 e. The Bertz CT molecular complexity index is 818. The van der Waals surface area contributed by atoms with Gasteiger partial charge in [0.15, 0.2) is 0 Å². The minimum atomic E-state index is -0.0657. The molecule has 0 spiro atoms. The van der Waals surface area contributed by atoms with Gasteiger partial charge in [0.2, 0.25) is 0 Å². The maximum absolute atomic E-state index is 12.0. The molecular weight excluding hydrogens is 362 g/mol. The molecule has 1 amide bonds. The summed E-state index contributed by atoms with van der Waals surface area (Å²) in [6.07, 6.45) is 1.83. The predicted octanol–water partition coefficient (Wildman–Crippen LogP) is 4.75. The van der Waals surface area contributed by atoms with Crippen molar-refractivity contribution in [3.05, 3.63) is 69.6 Å². The Balaban J connectivity index is 1.67. The van der Waals surface area contributed by atoms with Crippen molar-refractivity contribution in [2.24, 2.45) is 0 Å². The molecule has 122 valence electrons. The monoisotopic (exact) mass is 375 g/mol. The van der Waals surface area contributed by atoms with Gasteiger partial charge in [-0.15, -0.1) is 0 Å². The molecule has 1 aliphatic rings. The van der Waals surface area contributed by atoms with Gasteiger partial charge < -0.3 is 4.74 Å². The number of thiocarbonyl (C=S) groups is 1. The molecular formula is C18H14ClNO2S2. The van der Waals surface area contributed by atoms with E-state index in [4.69, 9.17) is 28.6 Å². The molecule has 1 aliphatic heterocycles. The molecule has 0 radical (unpaired) electrons. The average Bonchev–Trinajstić information content (AvgIpc) is 2.82. The number of carbonyl (C=O) groups is 1. The van der Waals surface area contributed by atoms with Crippen LogP contribution in [0.25, 0.3) is 6.08 Å². The van der Waals surface area contributed by atoms with Crippen LogP contribution in [0.15, 0.2) is 53.4 Å². The molecule has 3 rings (SSSR count). The van der Waals surface area contributed by atoms with Crippen molar-refractivity contribution in [2.45, 2.75) is 6.61 Å². The Labute approximate surface area is 155 Å². The van der Waals surface area contributed by atoms with Crippen LogP contribution < -0.4 is 4.74 Å². The smallest absolute Gasteiger partial charge is 0.265 e. The summed E-state index contributed by atoms with van der Waals surface area (Å²) in [5.41, 5.74) is 1.86. The second kappa shape index (κ2) is 7.38. The van der Waals surface area contributed by atoms with E-state index in [0.717, 1.165) is 16.9 Å². The summed E-state index contributed by atoms with van der Waals surface area (Å²) in [6.45, 7) is 0.410. The van der Waals surface area contributed by atoms with Gasteiger partial charge in [0.1, 0.15) is 16.7 Å².